The van der Waals surface area contributed by atoms with Gasteiger partial charge in [-0.3, -0.25) is 0 Å². The smallest absolute Gasteiger partial charge is 0.210 e. The molecule has 6 heteroatoms. The quantitative estimate of drug-likeness (QED) is 0.858. The maximum absolute atomic E-state index is 11.2. The maximum Gasteiger partial charge on any atom is 0.242 e. The summed E-state index contributed by atoms with van der Waals surface area (Å²) in [6.45, 7) is 0. The largest absolute Gasteiger partial charge is 0.242 e. The van der Waals surface area contributed by atoms with Gasteiger partial charge >= 0.3 is 0 Å². The van der Waals surface area contributed by atoms with Crippen LogP contribution in [-0.2, 0) is 10.0 Å². The Hall–Kier alpha value is -0.290. The molecule has 0 atom stereocenters. The fraction of sp³-hybridized carbons (Fsp3) is 0. The second kappa shape index (κ2) is 3.84. The van der Waals surface area contributed by atoms with Crippen molar-refractivity contribution >= 4 is 33.2 Å². The fourth-order valence-corrected chi connectivity index (χ4v) is 2.20. The molecule has 0 aliphatic heterocycles. The predicted molar refractivity (Wildman–Crippen MR) is 52.1 cm³/mol. The van der Waals surface area contributed by atoms with Gasteiger partial charge in [0.15, 0.2) is 0 Å². The third-order valence-corrected chi connectivity index (χ3v) is 3.35. The summed E-state index contributed by atoms with van der Waals surface area (Å²) in [7, 11) is -0.530. The van der Waals surface area contributed by atoms with Crippen LogP contribution >= 0.6 is 23.2 Å². The van der Waals surface area contributed by atoms with Crippen molar-refractivity contribution in [3.8, 4) is 0 Å². The summed E-state index contributed by atoms with van der Waals surface area (Å²) in [6.07, 6.45) is 0. The molecule has 0 spiro atoms. The third-order valence-electron chi connectivity index (χ3n) is 1.37. The molecule has 0 aliphatic carbocycles. The number of benzene rings is 1. The average molecular weight is 239 g/mol. The summed E-state index contributed by atoms with van der Waals surface area (Å²) in [4.78, 5) is -0.0337. The van der Waals surface area contributed by atoms with Crippen molar-refractivity contribution in [1.29, 1.82) is 0 Å². The van der Waals surface area contributed by atoms with E-state index in [1.165, 1.54) is 18.2 Å². The van der Waals surface area contributed by atoms with Gasteiger partial charge in [0.1, 0.15) is 4.90 Å². The van der Waals surface area contributed by atoms with Gasteiger partial charge < -0.3 is 0 Å². The molecule has 0 aliphatic rings. The lowest BCUT2D eigenvalue weighted by Crippen LogP contribution is -2.16. The Labute approximate surface area is 86.7 Å². The standard InChI is InChI=1S/C7H6Cl2NO2S/c1-10-13(11,12)7-3-2-5(8)4-6(7)9/h2-4,10H,1H2. The number of halogens is 2. The van der Waals surface area contributed by atoms with Crippen LogP contribution in [-0.4, -0.2) is 8.42 Å². The zero-order valence-electron chi connectivity index (χ0n) is 6.42. The van der Waals surface area contributed by atoms with Crippen molar-refractivity contribution in [3.63, 3.8) is 0 Å². The number of hydrogen-bond acceptors (Lipinski definition) is 2. The first-order valence-electron chi connectivity index (χ1n) is 3.21. The van der Waals surface area contributed by atoms with Crippen molar-refractivity contribution in [3.05, 3.63) is 35.3 Å². The van der Waals surface area contributed by atoms with Crippen LogP contribution in [0.4, 0.5) is 0 Å². The number of nitrogens with one attached hydrogen (secondary N) is 1. The summed E-state index contributed by atoms with van der Waals surface area (Å²) < 4.78 is 24.4. The molecule has 0 aromatic heterocycles. The minimum atomic E-state index is -3.60. The van der Waals surface area contributed by atoms with E-state index in [4.69, 9.17) is 23.2 Å². The highest BCUT2D eigenvalue weighted by molar-refractivity contribution is 7.89. The van der Waals surface area contributed by atoms with Gasteiger partial charge in [-0.1, -0.05) is 23.2 Å². The summed E-state index contributed by atoms with van der Waals surface area (Å²) >= 11 is 11.3. The van der Waals surface area contributed by atoms with Crippen LogP contribution in [0.15, 0.2) is 23.1 Å². The lowest BCUT2D eigenvalue weighted by molar-refractivity contribution is 0.590. The molecular weight excluding hydrogens is 233 g/mol. The minimum Gasteiger partial charge on any atom is -0.210 e. The molecule has 0 saturated carbocycles. The monoisotopic (exact) mass is 238 g/mol. The van der Waals surface area contributed by atoms with E-state index in [-0.39, 0.29) is 9.92 Å². The first-order chi connectivity index (χ1) is 5.97. The molecule has 1 aromatic rings. The van der Waals surface area contributed by atoms with Gasteiger partial charge in [0.25, 0.3) is 0 Å². The summed E-state index contributed by atoms with van der Waals surface area (Å²) in [5.41, 5.74) is 0. The normalized spacial score (nSPS) is 11.6. The third kappa shape index (κ3) is 2.34. The summed E-state index contributed by atoms with van der Waals surface area (Å²) in [5, 5.41) is 0.455. The fourth-order valence-electron chi connectivity index (χ4n) is 0.771. The highest BCUT2D eigenvalue weighted by atomic mass is 35.5. The Kier molecular flexibility index (Phi) is 3.18. The van der Waals surface area contributed by atoms with Gasteiger partial charge in [0.05, 0.1) is 5.02 Å². The molecular formula is C7H6Cl2NO2S. The average Bonchev–Trinajstić information content (AvgIpc) is 2.03. The lowest BCUT2D eigenvalue weighted by atomic mass is 10.4. The Morgan fingerprint density at radius 3 is 2.38 bits per heavy atom. The minimum absolute atomic E-state index is 0.0337. The molecule has 0 saturated heterocycles. The number of hydrogen-bond donors (Lipinski definition) is 1. The van der Waals surface area contributed by atoms with E-state index in [1.54, 1.807) is 0 Å². The lowest BCUT2D eigenvalue weighted by Gasteiger charge is -2.04. The molecule has 71 valence electrons. The molecule has 0 heterocycles. The summed E-state index contributed by atoms with van der Waals surface area (Å²) in [6, 6.07) is 4.11. The molecule has 0 amide bonds. The zero-order valence-corrected chi connectivity index (χ0v) is 8.75. The van der Waals surface area contributed by atoms with Crippen molar-refractivity contribution in [2.45, 2.75) is 4.90 Å². The Morgan fingerprint density at radius 1 is 1.31 bits per heavy atom. The number of sulfonamides is 1. The van der Waals surface area contributed by atoms with Gasteiger partial charge in [0.2, 0.25) is 10.0 Å². The predicted octanol–water partition coefficient (Wildman–Crippen LogP) is 2.06. The second-order valence-electron chi connectivity index (χ2n) is 2.22. The van der Waals surface area contributed by atoms with E-state index < -0.39 is 10.0 Å². The SMILES string of the molecule is [CH2]NS(=O)(=O)c1ccc(Cl)cc1Cl. The Balaban J connectivity index is 3.33. The van der Waals surface area contributed by atoms with Gasteiger partial charge in [-0.2, -0.15) is 0 Å². The van der Waals surface area contributed by atoms with Gasteiger partial charge in [-0.15, -0.1) is 0 Å². The van der Waals surface area contributed by atoms with Crippen molar-refractivity contribution in [2.75, 3.05) is 0 Å². The zero-order chi connectivity index (χ0) is 10.1. The van der Waals surface area contributed by atoms with E-state index in [1.807, 2.05) is 4.72 Å². The van der Waals surface area contributed by atoms with Crippen LogP contribution in [0.5, 0.6) is 0 Å². The second-order valence-corrected chi connectivity index (χ2v) is 4.80. The van der Waals surface area contributed by atoms with E-state index in [0.717, 1.165) is 0 Å². The molecule has 1 N–H and O–H groups in total. The van der Waals surface area contributed by atoms with E-state index >= 15 is 0 Å². The van der Waals surface area contributed by atoms with E-state index in [0.29, 0.717) is 5.02 Å². The maximum atomic E-state index is 11.2. The van der Waals surface area contributed by atoms with Crippen LogP contribution < -0.4 is 4.72 Å². The van der Waals surface area contributed by atoms with Crippen LogP contribution in [0.1, 0.15) is 0 Å². The highest BCUT2D eigenvalue weighted by Gasteiger charge is 2.15. The molecule has 0 fully saturated rings. The van der Waals surface area contributed by atoms with Crippen molar-refractivity contribution in [1.82, 2.24) is 4.72 Å². The van der Waals surface area contributed by atoms with Crippen LogP contribution in [0.25, 0.3) is 0 Å². The molecule has 1 radical (unpaired) electrons. The molecule has 3 nitrogen and oxygen atoms in total. The van der Waals surface area contributed by atoms with Gasteiger partial charge in [0, 0.05) is 12.1 Å². The molecule has 13 heavy (non-hydrogen) atoms. The van der Waals surface area contributed by atoms with Crippen molar-refractivity contribution < 1.29 is 8.42 Å². The highest BCUT2D eigenvalue weighted by Crippen LogP contribution is 2.24. The molecule has 0 unspecified atom stereocenters. The van der Waals surface area contributed by atoms with Crippen LogP contribution in [0.3, 0.4) is 0 Å². The summed E-state index contributed by atoms with van der Waals surface area (Å²) in [5.74, 6) is 0. The van der Waals surface area contributed by atoms with Crippen LogP contribution in [0.2, 0.25) is 10.0 Å². The van der Waals surface area contributed by atoms with E-state index in [9.17, 15) is 8.42 Å². The van der Waals surface area contributed by atoms with E-state index in [2.05, 4.69) is 7.05 Å². The number of rotatable bonds is 2. The molecule has 1 rings (SSSR count). The molecule has 0 bridgehead atoms. The van der Waals surface area contributed by atoms with Gasteiger partial charge in [-0.25, -0.2) is 13.1 Å². The molecule has 1 aromatic carbocycles. The first kappa shape index (κ1) is 10.8. The van der Waals surface area contributed by atoms with Gasteiger partial charge in [-0.05, 0) is 18.2 Å². The van der Waals surface area contributed by atoms with Crippen LogP contribution in [0, 0.1) is 7.05 Å². The topological polar surface area (TPSA) is 46.2 Å². The van der Waals surface area contributed by atoms with Crippen molar-refractivity contribution in [2.24, 2.45) is 0 Å². The first-order valence-corrected chi connectivity index (χ1v) is 5.45. The Bertz CT molecular complexity index is 417. The Morgan fingerprint density at radius 2 is 1.92 bits per heavy atom.